The average molecular weight is 524 g/mol. The molecule has 1 unspecified atom stereocenters. The zero-order chi connectivity index (χ0) is 28.0. The summed E-state index contributed by atoms with van der Waals surface area (Å²) in [6.07, 6.45) is -0.485. The van der Waals surface area contributed by atoms with Crippen molar-refractivity contribution in [1.82, 2.24) is 5.32 Å². The molecule has 0 spiro atoms. The zero-order valence-corrected chi connectivity index (χ0v) is 23.0. The molecular formula is C31H38FNO5. The summed E-state index contributed by atoms with van der Waals surface area (Å²) < 4.78 is 26.1. The zero-order valence-electron chi connectivity index (χ0n) is 23.0. The third kappa shape index (κ3) is 7.87. The summed E-state index contributed by atoms with van der Waals surface area (Å²) in [7, 11) is 0. The summed E-state index contributed by atoms with van der Waals surface area (Å²) in [4.78, 5) is 11.4. The topological polar surface area (TPSA) is 88.0 Å². The minimum Gasteiger partial charge on any atom is -0.478 e. The molecule has 0 heterocycles. The Balaban J connectivity index is 1.59. The number of para-hydroxylation sites is 1. The van der Waals surface area contributed by atoms with Gasteiger partial charge in [-0.15, -0.1) is 0 Å². The normalized spacial score (nSPS) is 13.3. The Morgan fingerprint density at radius 1 is 1.03 bits per heavy atom. The van der Waals surface area contributed by atoms with Gasteiger partial charge in [-0.1, -0.05) is 30.3 Å². The molecule has 3 rings (SSSR count). The van der Waals surface area contributed by atoms with Crippen molar-refractivity contribution in [3.05, 3.63) is 93.8 Å². The van der Waals surface area contributed by atoms with E-state index in [2.05, 4.69) is 5.32 Å². The van der Waals surface area contributed by atoms with Crippen molar-refractivity contribution in [2.45, 2.75) is 65.7 Å². The molecule has 0 aliphatic rings. The summed E-state index contributed by atoms with van der Waals surface area (Å²) in [6, 6.07) is 15.9. The predicted molar refractivity (Wildman–Crippen MR) is 147 cm³/mol. The van der Waals surface area contributed by atoms with Gasteiger partial charge >= 0.3 is 5.97 Å². The molecule has 204 valence electrons. The van der Waals surface area contributed by atoms with E-state index in [0.29, 0.717) is 30.0 Å². The molecule has 3 aromatic rings. The van der Waals surface area contributed by atoms with E-state index in [9.17, 15) is 19.4 Å². The number of aliphatic hydroxyl groups excluding tert-OH is 1. The molecule has 0 bridgehead atoms. The molecule has 0 aliphatic heterocycles. The SMILES string of the molecule is Cc1ccc(CC(C)(C)NC[C@H](O)COC(C)c2ccccc2Oc2c(C)cc(C(=O)O)cc2C)cc1F. The summed E-state index contributed by atoms with van der Waals surface area (Å²) in [5.41, 5.74) is 3.65. The molecule has 6 nitrogen and oxygen atoms in total. The van der Waals surface area contributed by atoms with Crippen LogP contribution in [0.25, 0.3) is 0 Å². The molecule has 0 amide bonds. The number of nitrogens with one attached hydrogen (secondary N) is 1. The number of aromatic carboxylic acids is 1. The number of β-amino-alcohol motifs (C(OH)–C–C–N with tert-alkyl or cyclic N) is 1. The van der Waals surface area contributed by atoms with E-state index < -0.39 is 12.1 Å². The van der Waals surface area contributed by atoms with E-state index in [1.807, 2.05) is 65.0 Å². The molecular weight excluding hydrogens is 485 g/mol. The quantitative estimate of drug-likeness (QED) is 0.259. The third-order valence-corrected chi connectivity index (χ3v) is 6.51. The molecule has 0 fully saturated rings. The molecule has 3 N–H and O–H groups in total. The Hall–Kier alpha value is -3.26. The molecule has 38 heavy (non-hydrogen) atoms. The van der Waals surface area contributed by atoms with Crippen LogP contribution in [0.2, 0.25) is 0 Å². The number of carbonyl (C=O) groups is 1. The minimum atomic E-state index is -0.981. The van der Waals surface area contributed by atoms with Gasteiger partial charge in [0.1, 0.15) is 17.3 Å². The van der Waals surface area contributed by atoms with Gasteiger partial charge < -0.3 is 25.0 Å². The molecule has 0 saturated heterocycles. The second-order valence-corrected chi connectivity index (χ2v) is 10.5. The van der Waals surface area contributed by atoms with Crippen molar-refractivity contribution >= 4 is 5.97 Å². The van der Waals surface area contributed by atoms with Crippen LogP contribution in [0.4, 0.5) is 4.39 Å². The standard InChI is InChI=1S/C31H38FNO5/c1-19-11-12-23(15-27(19)32)16-31(5,6)33-17-25(34)18-37-22(4)26-9-7-8-10-28(26)38-29-20(2)13-24(30(35)36)14-21(29)3/h7-15,22,25,33-34H,16-18H2,1-6H3,(H,35,36)/t22?,25-/m0/s1. The minimum absolute atomic E-state index is 0.114. The lowest BCUT2D eigenvalue weighted by Gasteiger charge is -2.28. The number of carboxylic acids is 1. The highest BCUT2D eigenvalue weighted by molar-refractivity contribution is 5.88. The Labute approximate surface area is 224 Å². The lowest BCUT2D eigenvalue weighted by atomic mass is 9.94. The smallest absolute Gasteiger partial charge is 0.335 e. The van der Waals surface area contributed by atoms with Gasteiger partial charge in [-0.25, -0.2) is 9.18 Å². The van der Waals surface area contributed by atoms with Crippen molar-refractivity contribution < 1.29 is 28.9 Å². The van der Waals surface area contributed by atoms with Gasteiger partial charge in [0, 0.05) is 17.6 Å². The van der Waals surface area contributed by atoms with Crippen LogP contribution in [0.1, 0.15) is 65.1 Å². The van der Waals surface area contributed by atoms with Gasteiger partial charge in [0.25, 0.3) is 0 Å². The number of rotatable bonds is 12. The van der Waals surface area contributed by atoms with Crippen LogP contribution in [-0.2, 0) is 11.2 Å². The fraction of sp³-hybridized carbons (Fsp3) is 0.387. The fourth-order valence-corrected chi connectivity index (χ4v) is 4.37. The highest BCUT2D eigenvalue weighted by Gasteiger charge is 2.21. The Kier molecular flexibility index (Phi) is 9.66. The van der Waals surface area contributed by atoms with Crippen LogP contribution in [0.5, 0.6) is 11.5 Å². The third-order valence-electron chi connectivity index (χ3n) is 6.51. The summed E-state index contributed by atoms with van der Waals surface area (Å²) in [5, 5.41) is 23.2. The average Bonchev–Trinajstić information content (AvgIpc) is 2.85. The van der Waals surface area contributed by atoms with E-state index >= 15 is 0 Å². The van der Waals surface area contributed by atoms with Crippen LogP contribution in [0, 0.1) is 26.6 Å². The number of halogens is 1. The number of hydrogen-bond acceptors (Lipinski definition) is 5. The van der Waals surface area contributed by atoms with Gasteiger partial charge in [-0.3, -0.25) is 0 Å². The molecule has 0 aromatic heterocycles. The van der Waals surface area contributed by atoms with Gasteiger partial charge in [-0.05, 0) is 94.5 Å². The van der Waals surface area contributed by atoms with Crippen molar-refractivity contribution in [3.63, 3.8) is 0 Å². The van der Waals surface area contributed by atoms with E-state index in [-0.39, 0.29) is 29.6 Å². The lowest BCUT2D eigenvalue weighted by Crippen LogP contribution is -2.46. The number of benzene rings is 3. The van der Waals surface area contributed by atoms with E-state index in [0.717, 1.165) is 22.3 Å². The van der Waals surface area contributed by atoms with Gasteiger partial charge in [0.15, 0.2) is 0 Å². The highest BCUT2D eigenvalue weighted by atomic mass is 19.1. The molecule has 0 radical (unpaired) electrons. The first kappa shape index (κ1) is 29.3. The highest BCUT2D eigenvalue weighted by Crippen LogP contribution is 2.35. The van der Waals surface area contributed by atoms with Crippen molar-refractivity contribution in [1.29, 1.82) is 0 Å². The molecule has 0 aliphatic carbocycles. The largest absolute Gasteiger partial charge is 0.478 e. The summed E-state index contributed by atoms with van der Waals surface area (Å²) in [6.45, 7) is 11.7. The maximum atomic E-state index is 13.9. The van der Waals surface area contributed by atoms with Crippen LogP contribution in [0.15, 0.2) is 54.6 Å². The molecule has 3 aromatic carbocycles. The van der Waals surface area contributed by atoms with Gasteiger partial charge in [-0.2, -0.15) is 0 Å². The maximum absolute atomic E-state index is 13.9. The number of ether oxygens (including phenoxy) is 2. The monoisotopic (exact) mass is 523 g/mol. The second-order valence-electron chi connectivity index (χ2n) is 10.5. The number of aliphatic hydroxyl groups is 1. The second kappa shape index (κ2) is 12.5. The molecule has 2 atom stereocenters. The maximum Gasteiger partial charge on any atom is 0.335 e. The number of hydrogen-bond donors (Lipinski definition) is 3. The molecule has 0 saturated carbocycles. The van der Waals surface area contributed by atoms with E-state index in [1.165, 1.54) is 0 Å². The number of aryl methyl sites for hydroxylation is 3. The van der Waals surface area contributed by atoms with Gasteiger partial charge in [0.2, 0.25) is 0 Å². The summed E-state index contributed by atoms with van der Waals surface area (Å²) >= 11 is 0. The fourth-order valence-electron chi connectivity index (χ4n) is 4.37. The Morgan fingerprint density at radius 2 is 1.68 bits per heavy atom. The van der Waals surface area contributed by atoms with Crippen LogP contribution in [0.3, 0.4) is 0 Å². The van der Waals surface area contributed by atoms with Crippen LogP contribution < -0.4 is 10.1 Å². The van der Waals surface area contributed by atoms with Crippen molar-refractivity contribution in [3.8, 4) is 11.5 Å². The van der Waals surface area contributed by atoms with Crippen molar-refractivity contribution in [2.24, 2.45) is 0 Å². The first-order chi connectivity index (χ1) is 17.9. The van der Waals surface area contributed by atoms with Gasteiger partial charge in [0.05, 0.1) is 24.4 Å². The first-order valence-electron chi connectivity index (χ1n) is 12.8. The van der Waals surface area contributed by atoms with E-state index in [4.69, 9.17) is 9.47 Å². The molecule has 7 heteroatoms. The Morgan fingerprint density at radius 3 is 2.32 bits per heavy atom. The van der Waals surface area contributed by atoms with Crippen LogP contribution >= 0.6 is 0 Å². The predicted octanol–water partition coefficient (Wildman–Crippen LogP) is 6.29. The Bertz CT molecular complexity index is 1250. The summed E-state index contributed by atoms with van der Waals surface area (Å²) in [5.74, 6) is 0.0150. The van der Waals surface area contributed by atoms with Crippen molar-refractivity contribution in [2.75, 3.05) is 13.2 Å². The van der Waals surface area contributed by atoms with Crippen LogP contribution in [-0.4, -0.2) is 41.0 Å². The lowest BCUT2D eigenvalue weighted by molar-refractivity contribution is -0.00482. The van der Waals surface area contributed by atoms with E-state index in [1.54, 1.807) is 31.2 Å². The first-order valence-corrected chi connectivity index (χ1v) is 12.8. The number of carboxylic acid groups (broad SMARTS) is 1.